The van der Waals surface area contributed by atoms with Gasteiger partial charge in [0.25, 0.3) is 11.1 Å². The number of amides is 3. The summed E-state index contributed by atoms with van der Waals surface area (Å²) in [6.45, 7) is -0.724. The second-order valence-corrected chi connectivity index (χ2v) is 8.32. The molecule has 0 radical (unpaired) electrons. The lowest BCUT2D eigenvalue weighted by atomic mass is 10.1. The van der Waals surface area contributed by atoms with Crippen molar-refractivity contribution in [3.05, 3.63) is 57.5 Å². The van der Waals surface area contributed by atoms with Crippen LogP contribution in [0.25, 0.3) is 6.08 Å². The molecule has 1 aliphatic heterocycles. The quantitative estimate of drug-likeness (QED) is 0.403. The van der Waals surface area contributed by atoms with Gasteiger partial charge in [-0.2, -0.15) is 13.2 Å². The van der Waals surface area contributed by atoms with Crippen molar-refractivity contribution >= 4 is 52.2 Å². The molecule has 2 aromatic carbocycles. The van der Waals surface area contributed by atoms with E-state index in [4.69, 9.17) is 27.5 Å². The molecule has 0 bridgehead atoms. The molecule has 1 N–H and O–H groups in total. The summed E-state index contributed by atoms with van der Waals surface area (Å²) in [7, 11) is 1.38. The largest absolute Gasteiger partial charge is 0.493 e. The number of halogens is 4. The molecular formula is C23H16ClF3N2O5S. The first kappa shape index (κ1) is 26.0. The molecule has 1 heterocycles. The molecule has 0 aromatic heterocycles. The third-order valence-electron chi connectivity index (χ3n) is 4.50. The van der Waals surface area contributed by atoms with Crippen LogP contribution in [0, 0.1) is 12.3 Å². The third-order valence-corrected chi connectivity index (χ3v) is 5.69. The number of thioether (sulfide) groups is 1. The fraction of sp³-hybridized carbons (Fsp3) is 0.174. The molecule has 182 valence electrons. The molecule has 3 rings (SSSR count). The fourth-order valence-electron chi connectivity index (χ4n) is 2.98. The first-order valence-electron chi connectivity index (χ1n) is 9.69. The van der Waals surface area contributed by atoms with Crippen molar-refractivity contribution in [2.75, 3.05) is 25.6 Å². The van der Waals surface area contributed by atoms with Crippen molar-refractivity contribution in [2.24, 2.45) is 0 Å². The van der Waals surface area contributed by atoms with Crippen molar-refractivity contribution in [1.29, 1.82) is 0 Å². The highest BCUT2D eigenvalue weighted by Crippen LogP contribution is 2.39. The maximum atomic E-state index is 12.9. The molecule has 0 atom stereocenters. The predicted molar refractivity (Wildman–Crippen MR) is 125 cm³/mol. The number of imide groups is 1. The van der Waals surface area contributed by atoms with E-state index in [0.29, 0.717) is 22.2 Å². The van der Waals surface area contributed by atoms with Crippen molar-refractivity contribution < 1.29 is 37.0 Å². The Bertz CT molecular complexity index is 1260. The van der Waals surface area contributed by atoms with Crippen LogP contribution in [0.15, 0.2) is 41.3 Å². The van der Waals surface area contributed by atoms with Crippen LogP contribution in [0.5, 0.6) is 11.5 Å². The number of hydrogen-bond acceptors (Lipinski definition) is 6. The van der Waals surface area contributed by atoms with E-state index in [-0.39, 0.29) is 33.7 Å². The number of rotatable bonds is 7. The summed E-state index contributed by atoms with van der Waals surface area (Å²) in [5.41, 5.74) is -0.658. The number of nitrogens with zero attached hydrogens (tertiary/aromatic N) is 1. The lowest BCUT2D eigenvalue weighted by Crippen LogP contribution is -2.36. The Morgan fingerprint density at radius 1 is 1.29 bits per heavy atom. The SMILES string of the molecule is C#CCOc1c(Cl)cc(/C=C2\SC(=O)N(CC(=O)Nc3cccc(C(F)(F)F)c3)C2=O)cc1OC. The summed E-state index contributed by atoms with van der Waals surface area (Å²) in [4.78, 5) is 38.1. The first-order chi connectivity index (χ1) is 16.5. The Morgan fingerprint density at radius 3 is 2.69 bits per heavy atom. The van der Waals surface area contributed by atoms with Gasteiger partial charge in [0.2, 0.25) is 5.91 Å². The minimum Gasteiger partial charge on any atom is -0.493 e. The minimum absolute atomic E-state index is 0.0114. The number of anilines is 1. The second kappa shape index (κ2) is 10.8. The maximum Gasteiger partial charge on any atom is 0.416 e. The van der Waals surface area contributed by atoms with Gasteiger partial charge in [-0.25, -0.2) is 0 Å². The van der Waals surface area contributed by atoms with Gasteiger partial charge in [-0.15, -0.1) is 6.42 Å². The number of methoxy groups -OCH3 is 1. The molecule has 0 unspecified atom stereocenters. The molecule has 35 heavy (non-hydrogen) atoms. The topological polar surface area (TPSA) is 84.9 Å². The predicted octanol–water partition coefficient (Wildman–Crippen LogP) is 5.05. The fourth-order valence-corrected chi connectivity index (χ4v) is 4.09. The van der Waals surface area contributed by atoms with Crippen LogP contribution < -0.4 is 14.8 Å². The molecule has 1 saturated heterocycles. The number of hydrogen-bond donors (Lipinski definition) is 1. The van der Waals surface area contributed by atoms with Gasteiger partial charge in [0.15, 0.2) is 11.5 Å². The molecule has 12 heteroatoms. The smallest absolute Gasteiger partial charge is 0.416 e. The van der Waals surface area contributed by atoms with E-state index in [1.54, 1.807) is 0 Å². The molecule has 7 nitrogen and oxygen atoms in total. The molecule has 0 spiro atoms. The molecule has 2 aromatic rings. The van der Waals surface area contributed by atoms with Gasteiger partial charge in [-0.1, -0.05) is 23.6 Å². The van der Waals surface area contributed by atoms with Gasteiger partial charge in [-0.3, -0.25) is 19.3 Å². The summed E-state index contributed by atoms with van der Waals surface area (Å²) in [5, 5.41) is 1.70. The number of terminal acetylenes is 1. The van der Waals surface area contributed by atoms with Crippen LogP contribution in [-0.2, 0) is 15.8 Å². The number of alkyl halides is 3. The summed E-state index contributed by atoms with van der Waals surface area (Å²) in [5.74, 6) is 1.17. The Hall–Kier alpha value is -3.62. The molecule has 3 amide bonds. The van der Waals surface area contributed by atoms with Gasteiger partial charge in [0, 0.05) is 5.69 Å². The lowest BCUT2D eigenvalue weighted by Gasteiger charge is -2.13. The summed E-state index contributed by atoms with van der Waals surface area (Å²) in [6, 6.07) is 6.99. The summed E-state index contributed by atoms with van der Waals surface area (Å²) >= 11 is 6.81. The van der Waals surface area contributed by atoms with Gasteiger partial charge in [0.1, 0.15) is 13.2 Å². The summed E-state index contributed by atoms with van der Waals surface area (Å²) in [6.07, 6.45) is 1.98. The van der Waals surface area contributed by atoms with Gasteiger partial charge >= 0.3 is 6.18 Å². The van der Waals surface area contributed by atoms with Crippen LogP contribution in [0.4, 0.5) is 23.7 Å². The van der Waals surface area contributed by atoms with E-state index in [9.17, 15) is 27.6 Å². The maximum absolute atomic E-state index is 12.9. The number of carbonyl (C=O) groups is 3. The van der Waals surface area contributed by atoms with Crippen LogP contribution in [0.2, 0.25) is 5.02 Å². The van der Waals surface area contributed by atoms with Gasteiger partial charge in [-0.05, 0) is 53.7 Å². The number of benzene rings is 2. The number of nitrogens with one attached hydrogen (secondary N) is 1. The average molecular weight is 525 g/mol. The minimum atomic E-state index is -4.59. The van der Waals surface area contributed by atoms with Crippen molar-refractivity contribution in [1.82, 2.24) is 4.90 Å². The number of carbonyl (C=O) groups excluding carboxylic acids is 3. The highest BCUT2D eigenvalue weighted by atomic mass is 35.5. The average Bonchev–Trinajstić information content (AvgIpc) is 3.04. The van der Waals surface area contributed by atoms with Crippen LogP contribution in [0.3, 0.4) is 0 Å². The molecule has 0 saturated carbocycles. The highest BCUT2D eigenvalue weighted by molar-refractivity contribution is 8.18. The standard InChI is InChI=1S/C23H16ClF3N2O5S/c1-3-7-34-20-16(24)8-13(9-17(20)33-2)10-18-21(31)29(22(32)35-18)12-19(30)28-15-6-4-5-14(11-15)23(25,26)27/h1,4-6,8-11H,7,12H2,2H3,(H,28,30)/b18-10-. The monoisotopic (exact) mass is 524 g/mol. The zero-order valence-electron chi connectivity index (χ0n) is 17.9. The Labute approximate surface area is 207 Å². The van der Waals surface area contributed by atoms with Crippen molar-refractivity contribution in [3.8, 4) is 23.8 Å². The Balaban J connectivity index is 1.74. The zero-order chi connectivity index (χ0) is 25.8. The van der Waals surface area contributed by atoms with E-state index >= 15 is 0 Å². The Kier molecular flexibility index (Phi) is 7.99. The van der Waals surface area contributed by atoms with E-state index in [1.165, 1.54) is 31.4 Å². The van der Waals surface area contributed by atoms with Crippen molar-refractivity contribution in [2.45, 2.75) is 6.18 Å². The normalized spacial score (nSPS) is 14.7. The van der Waals surface area contributed by atoms with Crippen LogP contribution >= 0.6 is 23.4 Å². The van der Waals surface area contributed by atoms with E-state index in [1.807, 2.05) is 0 Å². The molecule has 1 fully saturated rings. The van der Waals surface area contributed by atoms with Gasteiger partial charge in [0.05, 0.1) is 22.6 Å². The lowest BCUT2D eigenvalue weighted by molar-refractivity contribution is -0.137. The summed E-state index contributed by atoms with van der Waals surface area (Å²) < 4.78 is 49.2. The van der Waals surface area contributed by atoms with Crippen LogP contribution in [-0.4, -0.2) is 42.2 Å². The molecular weight excluding hydrogens is 509 g/mol. The highest BCUT2D eigenvalue weighted by Gasteiger charge is 2.36. The van der Waals surface area contributed by atoms with E-state index in [2.05, 4.69) is 11.2 Å². The van der Waals surface area contributed by atoms with Crippen molar-refractivity contribution in [3.63, 3.8) is 0 Å². The third kappa shape index (κ3) is 6.29. The first-order valence-corrected chi connectivity index (χ1v) is 10.9. The Morgan fingerprint density at radius 2 is 2.03 bits per heavy atom. The second-order valence-electron chi connectivity index (χ2n) is 6.92. The number of ether oxygens (including phenoxy) is 2. The molecule has 0 aliphatic carbocycles. The molecule has 1 aliphatic rings. The van der Waals surface area contributed by atoms with Gasteiger partial charge < -0.3 is 14.8 Å². The zero-order valence-corrected chi connectivity index (χ0v) is 19.5. The van der Waals surface area contributed by atoms with Crippen LogP contribution in [0.1, 0.15) is 11.1 Å². The van der Waals surface area contributed by atoms with E-state index < -0.39 is 35.3 Å². The van der Waals surface area contributed by atoms with E-state index in [0.717, 1.165) is 18.2 Å².